The Morgan fingerprint density at radius 1 is 1.38 bits per heavy atom. The van der Waals surface area contributed by atoms with E-state index >= 15 is 0 Å². The van der Waals surface area contributed by atoms with Crippen molar-refractivity contribution < 1.29 is 13.2 Å². The molecule has 0 aromatic carbocycles. The first-order valence-electron chi connectivity index (χ1n) is 4.36. The third-order valence-corrected chi connectivity index (χ3v) is 4.30. The lowest BCUT2D eigenvalue weighted by molar-refractivity contribution is -0.134. The molecule has 2 rings (SSSR count). The second-order valence-electron chi connectivity index (χ2n) is 3.66. The lowest BCUT2D eigenvalue weighted by Crippen LogP contribution is -2.56. The molecule has 1 saturated carbocycles. The summed E-state index contributed by atoms with van der Waals surface area (Å²) in [6.45, 7) is 1.28. The lowest BCUT2D eigenvalue weighted by Gasteiger charge is -2.47. The summed E-state index contributed by atoms with van der Waals surface area (Å²) >= 11 is 0. The quantitative estimate of drug-likeness (QED) is 0.618. The van der Waals surface area contributed by atoms with Crippen molar-refractivity contribution in [3.8, 4) is 0 Å². The zero-order chi connectivity index (χ0) is 9.53. The van der Waals surface area contributed by atoms with Crippen molar-refractivity contribution in [1.29, 1.82) is 0 Å². The summed E-state index contributed by atoms with van der Waals surface area (Å²) in [5, 5.41) is 0. The van der Waals surface area contributed by atoms with E-state index in [0.717, 1.165) is 19.3 Å². The van der Waals surface area contributed by atoms with Gasteiger partial charge >= 0.3 is 0 Å². The van der Waals surface area contributed by atoms with Crippen LogP contribution in [-0.4, -0.2) is 38.0 Å². The molecule has 2 fully saturated rings. The molecule has 1 spiro atoms. The molecule has 0 radical (unpaired) electrons. The molecule has 1 heterocycles. The number of ether oxygens (including phenoxy) is 1. The normalized spacial score (nSPS) is 28.7. The highest BCUT2D eigenvalue weighted by Gasteiger charge is 2.44. The fraction of sp³-hybridized carbons (Fsp3) is 1.00. The zero-order valence-electron chi connectivity index (χ0n) is 7.20. The van der Waals surface area contributed by atoms with E-state index in [2.05, 4.69) is 0 Å². The van der Waals surface area contributed by atoms with Crippen molar-refractivity contribution in [2.75, 3.05) is 19.7 Å². The van der Waals surface area contributed by atoms with Crippen LogP contribution in [0.2, 0.25) is 0 Å². The monoisotopic (exact) mass is 225 g/mol. The van der Waals surface area contributed by atoms with E-state index in [1.165, 1.54) is 4.31 Å². The third kappa shape index (κ3) is 1.83. The van der Waals surface area contributed by atoms with E-state index in [-0.39, 0.29) is 5.60 Å². The summed E-state index contributed by atoms with van der Waals surface area (Å²) in [4.78, 5) is 0. The first-order valence-corrected chi connectivity index (χ1v) is 6.62. The predicted octanol–water partition coefficient (Wildman–Crippen LogP) is 0.725. The van der Waals surface area contributed by atoms with E-state index in [9.17, 15) is 8.42 Å². The SMILES string of the molecule is O=S(=O)(Cl)N1CCOC2(CCC2)C1. The van der Waals surface area contributed by atoms with Crippen LogP contribution in [0.3, 0.4) is 0 Å². The molecule has 1 saturated heterocycles. The van der Waals surface area contributed by atoms with Gasteiger partial charge in [-0.15, -0.1) is 0 Å². The van der Waals surface area contributed by atoms with Crippen LogP contribution in [0.4, 0.5) is 0 Å². The van der Waals surface area contributed by atoms with Crippen LogP contribution in [0.25, 0.3) is 0 Å². The Labute approximate surface area is 82.4 Å². The average Bonchev–Trinajstić information content (AvgIpc) is 2.00. The number of hydrogen-bond acceptors (Lipinski definition) is 3. The molecule has 0 aromatic heterocycles. The molecule has 6 heteroatoms. The highest BCUT2D eigenvalue weighted by atomic mass is 35.7. The van der Waals surface area contributed by atoms with E-state index < -0.39 is 9.24 Å². The summed E-state index contributed by atoms with van der Waals surface area (Å²) in [5.74, 6) is 0. The maximum Gasteiger partial charge on any atom is 0.299 e. The summed E-state index contributed by atoms with van der Waals surface area (Å²) in [6.07, 6.45) is 3.03. The number of rotatable bonds is 1. The maximum absolute atomic E-state index is 11.0. The van der Waals surface area contributed by atoms with E-state index in [1.807, 2.05) is 0 Å². The van der Waals surface area contributed by atoms with E-state index in [0.29, 0.717) is 19.7 Å². The van der Waals surface area contributed by atoms with Crippen LogP contribution < -0.4 is 0 Å². The van der Waals surface area contributed by atoms with Crippen molar-refractivity contribution in [2.24, 2.45) is 0 Å². The minimum absolute atomic E-state index is 0.208. The largest absolute Gasteiger partial charge is 0.372 e. The molecular weight excluding hydrogens is 214 g/mol. The topological polar surface area (TPSA) is 46.6 Å². The van der Waals surface area contributed by atoms with Crippen LogP contribution >= 0.6 is 10.7 Å². The Morgan fingerprint density at radius 3 is 2.54 bits per heavy atom. The van der Waals surface area contributed by atoms with Crippen LogP contribution in [-0.2, 0) is 14.0 Å². The van der Waals surface area contributed by atoms with Gasteiger partial charge in [-0.2, -0.15) is 12.7 Å². The van der Waals surface area contributed by atoms with Gasteiger partial charge < -0.3 is 4.74 Å². The fourth-order valence-electron chi connectivity index (χ4n) is 1.87. The molecule has 0 N–H and O–H groups in total. The molecule has 2 aliphatic rings. The van der Waals surface area contributed by atoms with E-state index in [1.54, 1.807) is 0 Å². The van der Waals surface area contributed by atoms with Crippen molar-refractivity contribution in [1.82, 2.24) is 4.31 Å². The summed E-state index contributed by atoms with van der Waals surface area (Å²) in [7, 11) is 1.72. The molecule has 0 bridgehead atoms. The van der Waals surface area contributed by atoms with Crippen molar-refractivity contribution in [3.63, 3.8) is 0 Å². The standard InChI is InChI=1S/C7H12ClNO3S/c8-13(10,11)9-4-5-12-7(6-9)2-1-3-7/h1-6H2. The number of halogens is 1. The van der Waals surface area contributed by atoms with Crippen molar-refractivity contribution in [2.45, 2.75) is 24.9 Å². The zero-order valence-corrected chi connectivity index (χ0v) is 8.77. The van der Waals surface area contributed by atoms with Crippen LogP contribution in [0.15, 0.2) is 0 Å². The minimum atomic E-state index is -3.55. The Hall–Kier alpha value is 0.160. The molecule has 0 amide bonds. The van der Waals surface area contributed by atoms with Gasteiger partial charge in [0.2, 0.25) is 0 Å². The number of hydrogen-bond donors (Lipinski definition) is 0. The molecule has 1 aliphatic heterocycles. The molecule has 0 atom stereocenters. The van der Waals surface area contributed by atoms with Gasteiger partial charge in [-0.05, 0) is 19.3 Å². The first kappa shape index (κ1) is 9.71. The van der Waals surface area contributed by atoms with Gasteiger partial charge in [0, 0.05) is 23.8 Å². The predicted molar refractivity (Wildman–Crippen MR) is 48.9 cm³/mol. The Balaban J connectivity index is 2.08. The summed E-state index contributed by atoms with van der Waals surface area (Å²) < 4.78 is 29.0. The third-order valence-electron chi connectivity index (χ3n) is 2.79. The maximum atomic E-state index is 11.0. The van der Waals surface area contributed by atoms with Gasteiger partial charge in [0.25, 0.3) is 9.24 Å². The van der Waals surface area contributed by atoms with Gasteiger partial charge in [0.1, 0.15) is 0 Å². The van der Waals surface area contributed by atoms with Gasteiger partial charge in [0.15, 0.2) is 0 Å². The van der Waals surface area contributed by atoms with Crippen molar-refractivity contribution in [3.05, 3.63) is 0 Å². The second-order valence-corrected chi connectivity index (χ2v) is 6.17. The van der Waals surface area contributed by atoms with Gasteiger partial charge in [-0.1, -0.05) is 0 Å². The Bertz CT molecular complexity index is 299. The fourth-order valence-corrected chi connectivity index (χ4v) is 2.91. The van der Waals surface area contributed by atoms with Gasteiger partial charge in [0.05, 0.1) is 12.2 Å². The molecule has 4 nitrogen and oxygen atoms in total. The van der Waals surface area contributed by atoms with Gasteiger partial charge in [-0.25, -0.2) is 0 Å². The molecule has 13 heavy (non-hydrogen) atoms. The van der Waals surface area contributed by atoms with Gasteiger partial charge in [-0.3, -0.25) is 0 Å². The number of morpholine rings is 1. The smallest absolute Gasteiger partial charge is 0.299 e. The summed E-state index contributed by atoms with van der Waals surface area (Å²) in [6, 6.07) is 0. The molecule has 76 valence electrons. The second kappa shape index (κ2) is 3.08. The van der Waals surface area contributed by atoms with Crippen LogP contribution in [0.1, 0.15) is 19.3 Å². The van der Waals surface area contributed by atoms with Crippen LogP contribution in [0, 0.1) is 0 Å². The minimum Gasteiger partial charge on any atom is -0.372 e. The average molecular weight is 226 g/mol. The number of nitrogens with zero attached hydrogens (tertiary/aromatic N) is 1. The van der Waals surface area contributed by atoms with E-state index in [4.69, 9.17) is 15.4 Å². The van der Waals surface area contributed by atoms with Crippen LogP contribution in [0.5, 0.6) is 0 Å². The first-order chi connectivity index (χ1) is 6.02. The van der Waals surface area contributed by atoms with Crippen molar-refractivity contribution >= 4 is 19.9 Å². The molecular formula is C7H12ClNO3S. The highest BCUT2D eigenvalue weighted by Crippen LogP contribution is 2.38. The molecule has 1 aliphatic carbocycles. The Kier molecular flexibility index (Phi) is 2.30. The highest BCUT2D eigenvalue weighted by molar-refractivity contribution is 8.11. The Morgan fingerprint density at radius 2 is 2.08 bits per heavy atom. The lowest BCUT2D eigenvalue weighted by atomic mass is 9.79. The molecule has 0 unspecified atom stereocenters. The summed E-state index contributed by atoms with van der Waals surface area (Å²) in [5.41, 5.74) is -0.208. The molecule has 0 aromatic rings.